The maximum atomic E-state index is 13.4. The molecule has 2 aliphatic heterocycles. The van der Waals surface area contributed by atoms with E-state index in [1.54, 1.807) is 18.2 Å². The number of hydrazone groups is 1. The summed E-state index contributed by atoms with van der Waals surface area (Å²) in [6, 6.07) is 14.9. The molecule has 5 rings (SSSR count). The van der Waals surface area contributed by atoms with E-state index in [9.17, 15) is 9.59 Å². The van der Waals surface area contributed by atoms with E-state index in [1.165, 1.54) is 5.01 Å². The summed E-state index contributed by atoms with van der Waals surface area (Å²) in [5, 5.41) is 6.74. The van der Waals surface area contributed by atoms with Crippen LogP contribution in [0, 0.1) is 0 Å². The third-order valence-electron chi connectivity index (χ3n) is 6.29. The van der Waals surface area contributed by atoms with Gasteiger partial charge in [0.25, 0.3) is 5.91 Å². The van der Waals surface area contributed by atoms with E-state index in [4.69, 9.17) is 4.74 Å². The van der Waals surface area contributed by atoms with Crippen LogP contribution < -0.4 is 4.74 Å². The van der Waals surface area contributed by atoms with Crippen LogP contribution in [-0.2, 0) is 21.5 Å². The molecule has 3 heterocycles. The molecule has 158 valence electrons. The molecule has 2 aromatic carbocycles. The van der Waals surface area contributed by atoms with Crippen molar-refractivity contribution in [2.45, 2.75) is 31.8 Å². The number of nitrogens with one attached hydrogen (secondary N) is 1. The van der Waals surface area contributed by atoms with Crippen molar-refractivity contribution in [1.29, 1.82) is 0 Å². The maximum Gasteiger partial charge on any atom is 0.266 e. The Morgan fingerprint density at radius 3 is 2.61 bits per heavy atom. The lowest BCUT2D eigenvalue weighted by Gasteiger charge is -2.50. The highest BCUT2D eigenvalue weighted by Crippen LogP contribution is 2.42. The largest absolute Gasteiger partial charge is 0.497 e. The van der Waals surface area contributed by atoms with E-state index in [1.807, 2.05) is 56.3 Å². The molecular formula is C24H24N4O3. The number of hydrogen-bond acceptors (Lipinski definition) is 4. The summed E-state index contributed by atoms with van der Waals surface area (Å²) in [5.41, 5.74) is 3.34. The Labute approximate surface area is 180 Å². The average molecular weight is 416 g/mol. The highest BCUT2D eigenvalue weighted by molar-refractivity contribution is 5.98. The van der Waals surface area contributed by atoms with Gasteiger partial charge in [0.2, 0.25) is 5.91 Å². The van der Waals surface area contributed by atoms with Crippen LogP contribution in [0.2, 0.25) is 0 Å². The molecule has 1 aromatic heterocycles. The Morgan fingerprint density at radius 2 is 1.87 bits per heavy atom. The number of ether oxygens (including phenoxy) is 1. The number of amides is 2. The van der Waals surface area contributed by atoms with E-state index in [2.05, 4.69) is 16.2 Å². The van der Waals surface area contributed by atoms with Crippen molar-refractivity contribution in [2.24, 2.45) is 5.10 Å². The van der Waals surface area contributed by atoms with Gasteiger partial charge in [0.05, 0.1) is 18.9 Å². The lowest BCUT2D eigenvalue weighted by atomic mass is 9.82. The molecule has 0 spiro atoms. The van der Waals surface area contributed by atoms with Gasteiger partial charge in [0.1, 0.15) is 18.3 Å². The molecule has 2 aliphatic rings. The molecular weight excluding hydrogens is 392 g/mol. The number of aromatic amines is 1. The number of H-pyrrole nitrogens is 1. The summed E-state index contributed by atoms with van der Waals surface area (Å²) in [5.74, 6) is 0.482. The molecule has 7 nitrogen and oxygen atoms in total. The Morgan fingerprint density at radius 1 is 1.13 bits per heavy atom. The molecule has 3 aromatic rings. The molecule has 0 unspecified atom stereocenters. The fourth-order valence-corrected chi connectivity index (χ4v) is 4.79. The van der Waals surface area contributed by atoms with E-state index >= 15 is 0 Å². The number of hydrogen-bond donors (Lipinski definition) is 1. The zero-order valence-corrected chi connectivity index (χ0v) is 17.8. The normalized spacial score (nSPS) is 20.3. The monoisotopic (exact) mass is 416 g/mol. The molecule has 0 saturated carbocycles. The Hall–Kier alpha value is -3.61. The van der Waals surface area contributed by atoms with Gasteiger partial charge < -0.3 is 14.6 Å². The molecule has 1 fully saturated rings. The van der Waals surface area contributed by atoms with Crippen LogP contribution in [0.4, 0.5) is 0 Å². The molecule has 0 radical (unpaired) electrons. The van der Waals surface area contributed by atoms with E-state index < -0.39 is 11.6 Å². The second kappa shape index (κ2) is 6.97. The molecule has 31 heavy (non-hydrogen) atoms. The zero-order chi connectivity index (χ0) is 21.8. The molecule has 1 saturated heterocycles. The predicted octanol–water partition coefficient (Wildman–Crippen LogP) is 3.04. The molecule has 0 aliphatic carbocycles. The molecule has 7 heteroatoms. The maximum absolute atomic E-state index is 13.4. The number of piperazine rings is 1. The van der Waals surface area contributed by atoms with Crippen molar-refractivity contribution in [3.05, 3.63) is 65.4 Å². The summed E-state index contributed by atoms with van der Waals surface area (Å²) in [7, 11) is 1.61. The van der Waals surface area contributed by atoms with Gasteiger partial charge in [0.15, 0.2) is 0 Å². The summed E-state index contributed by atoms with van der Waals surface area (Å²) in [4.78, 5) is 31.7. The number of aromatic nitrogens is 1. The fourth-order valence-electron chi connectivity index (χ4n) is 4.79. The summed E-state index contributed by atoms with van der Waals surface area (Å²) in [6.45, 7) is 3.92. The fraction of sp³-hybridized carbons (Fsp3) is 0.292. The van der Waals surface area contributed by atoms with Crippen molar-refractivity contribution in [3.63, 3.8) is 0 Å². The van der Waals surface area contributed by atoms with E-state index in [-0.39, 0.29) is 18.4 Å². The third kappa shape index (κ3) is 3.00. The van der Waals surface area contributed by atoms with Gasteiger partial charge in [-0.25, -0.2) is 5.01 Å². The van der Waals surface area contributed by atoms with Crippen LogP contribution in [0.5, 0.6) is 5.75 Å². The number of methoxy groups -OCH3 is 1. The molecule has 2 amide bonds. The Balaban J connectivity index is 1.48. The van der Waals surface area contributed by atoms with Crippen LogP contribution in [0.15, 0.2) is 53.6 Å². The van der Waals surface area contributed by atoms with Crippen molar-refractivity contribution in [1.82, 2.24) is 14.9 Å². The third-order valence-corrected chi connectivity index (χ3v) is 6.29. The number of benzene rings is 2. The summed E-state index contributed by atoms with van der Waals surface area (Å²) < 4.78 is 5.16. The first-order chi connectivity index (χ1) is 14.9. The number of carbonyl (C=O) groups excluding carboxylic acids is 2. The number of para-hydroxylation sites is 1. The first-order valence-corrected chi connectivity index (χ1v) is 10.3. The zero-order valence-electron chi connectivity index (χ0n) is 17.8. The topological polar surface area (TPSA) is 78.0 Å². The number of carbonyl (C=O) groups is 2. The van der Waals surface area contributed by atoms with Gasteiger partial charge in [-0.2, -0.15) is 5.10 Å². The summed E-state index contributed by atoms with van der Waals surface area (Å²) >= 11 is 0. The van der Waals surface area contributed by atoms with Gasteiger partial charge in [-0.05, 0) is 55.3 Å². The van der Waals surface area contributed by atoms with E-state index in [0.717, 1.165) is 33.5 Å². The minimum absolute atomic E-state index is 0.0685. The quantitative estimate of drug-likeness (QED) is 0.667. The Kier molecular flexibility index (Phi) is 4.36. The first-order valence-electron chi connectivity index (χ1n) is 10.3. The Bertz CT molecular complexity index is 1210. The van der Waals surface area contributed by atoms with Crippen molar-refractivity contribution < 1.29 is 14.3 Å². The van der Waals surface area contributed by atoms with Crippen molar-refractivity contribution in [3.8, 4) is 5.75 Å². The smallest absolute Gasteiger partial charge is 0.266 e. The molecule has 1 N–H and O–H groups in total. The van der Waals surface area contributed by atoms with Crippen LogP contribution in [0.25, 0.3) is 10.9 Å². The lowest BCUT2D eigenvalue weighted by molar-refractivity contribution is -0.163. The highest BCUT2D eigenvalue weighted by Gasteiger charge is 2.51. The van der Waals surface area contributed by atoms with Crippen LogP contribution in [0.1, 0.15) is 30.7 Å². The van der Waals surface area contributed by atoms with Gasteiger partial charge >= 0.3 is 0 Å². The molecule has 0 bridgehead atoms. The first kappa shape index (κ1) is 19.4. The second-order valence-corrected chi connectivity index (χ2v) is 8.48. The number of nitrogens with zero attached hydrogens (tertiary/aromatic N) is 3. The van der Waals surface area contributed by atoms with Crippen LogP contribution >= 0.6 is 0 Å². The van der Waals surface area contributed by atoms with Crippen LogP contribution in [0.3, 0.4) is 0 Å². The van der Waals surface area contributed by atoms with Crippen molar-refractivity contribution in [2.75, 3.05) is 13.7 Å². The number of rotatable bonds is 3. The van der Waals surface area contributed by atoms with Gasteiger partial charge in [-0.15, -0.1) is 0 Å². The minimum Gasteiger partial charge on any atom is -0.497 e. The van der Waals surface area contributed by atoms with Gasteiger partial charge in [-0.3, -0.25) is 9.59 Å². The van der Waals surface area contributed by atoms with Crippen LogP contribution in [-0.4, -0.2) is 52.6 Å². The lowest BCUT2D eigenvalue weighted by Crippen LogP contribution is -2.66. The SMILES string of the molecule is COc1ccc(/C=N/N2CC(=O)N3[C@@H](Cc4c([nH]c5ccccc45)C3(C)C)C2=O)cc1. The van der Waals surface area contributed by atoms with Gasteiger partial charge in [-0.1, -0.05) is 18.2 Å². The predicted molar refractivity (Wildman–Crippen MR) is 118 cm³/mol. The van der Waals surface area contributed by atoms with Gasteiger partial charge in [0, 0.05) is 23.0 Å². The molecule has 1 atom stereocenters. The second-order valence-electron chi connectivity index (χ2n) is 8.48. The minimum atomic E-state index is -0.615. The van der Waals surface area contributed by atoms with Crippen molar-refractivity contribution >= 4 is 28.9 Å². The average Bonchev–Trinajstić information content (AvgIpc) is 3.15. The summed E-state index contributed by atoms with van der Waals surface area (Å²) in [6.07, 6.45) is 2.08. The number of fused-ring (bicyclic) bond motifs is 4. The highest BCUT2D eigenvalue weighted by atomic mass is 16.5. The standard InChI is InChI=1S/C24H24N4O3/c1-24(2)22-18(17-6-4-5-7-19(17)26-22)12-20-23(30)27(14-21(29)28(20)24)25-13-15-8-10-16(31-3)11-9-15/h4-11,13,20,26H,12,14H2,1-3H3/b25-13+/t20-/m0/s1. The van der Waals surface area contributed by atoms with E-state index in [0.29, 0.717) is 6.42 Å².